The minimum Gasteiger partial charge on any atom is -0.507 e. The molecule has 0 saturated heterocycles. The molecule has 0 aliphatic carbocycles. The molecule has 0 saturated carbocycles. The van der Waals surface area contributed by atoms with Gasteiger partial charge < -0.3 is 19.9 Å². The van der Waals surface area contributed by atoms with Crippen LogP contribution in [0.4, 0.5) is 10.2 Å². The SMILES string of the molecule is COC(=O)c1cccc(-c2cc(-c3ccc(F)cc3O)nc(NC(=O)c3ccccc3OC)c2C#N)c1. The van der Waals surface area contributed by atoms with Crippen LogP contribution in [0.3, 0.4) is 0 Å². The number of pyridine rings is 1. The van der Waals surface area contributed by atoms with Gasteiger partial charge in [-0.25, -0.2) is 14.2 Å². The molecule has 2 N–H and O–H groups in total. The molecule has 37 heavy (non-hydrogen) atoms. The minimum absolute atomic E-state index is 0.00983. The van der Waals surface area contributed by atoms with Crippen molar-refractivity contribution in [3.63, 3.8) is 0 Å². The van der Waals surface area contributed by atoms with E-state index in [0.717, 1.165) is 12.1 Å². The fourth-order valence-electron chi connectivity index (χ4n) is 3.77. The number of anilines is 1. The smallest absolute Gasteiger partial charge is 0.337 e. The van der Waals surface area contributed by atoms with Gasteiger partial charge >= 0.3 is 5.97 Å². The molecule has 0 unspecified atom stereocenters. The number of rotatable bonds is 6. The Labute approximate surface area is 211 Å². The highest BCUT2D eigenvalue weighted by Crippen LogP contribution is 2.36. The van der Waals surface area contributed by atoms with Gasteiger partial charge in [0.15, 0.2) is 5.82 Å². The number of hydrogen-bond acceptors (Lipinski definition) is 7. The maximum atomic E-state index is 13.7. The molecule has 4 rings (SSSR count). The summed E-state index contributed by atoms with van der Waals surface area (Å²) >= 11 is 0. The maximum Gasteiger partial charge on any atom is 0.337 e. The molecule has 184 valence electrons. The number of carbonyl (C=O) groups excluding carboxylic acids is 2. The van der Waals surface area contributed by atoms with Gasteiger partial charge in [0.05, 0.1) is 31.0 Å². The average Bonchev–Trinajstić information content (AvgIpc) is 2.92. The number of nitriles is 1. The number of para-hydroxylation sites is 1. The zero-order chi connectivity index (χ0) is 26.5. The summed E-state index contributed by atoms with van der Waals surface area (Å²) in [7, 11) is 2.68. The monoisotopic (exact) mass is 497 g/mol. The lowest BCUT2D eigenvalue weighted by molar-refractivity contribution is 0.0600. The maximum absolute atomic E-state index is 13.7. The van der Waals surface area contributed by atoms with E-state index in [1.54, 1.807) is 42.5 Å². The van der Waals surface area contributed by atoms with Crippen LogP contribution in [0.15, 0.2) is 72.8 Å². The van der Waals surface area contributed by atoms with Crippen LogP contribution in [0.5, 0.6) is 11.5 Å². The number of aromatic nitrogens is 1. The number of amides is 1. The summed E-state index contributed by atoms with van der Waals surface area (Å²) in [5.41, 5.74) is 1.56. The van der Waals surface area contributed by atoms with E-state index < -0.39 is 17.7 Å². The summed E-state index contributed by atoms with van der Waals surface area (Å²) < 4.78 is 23.7. The van der Waals surface area contributed by atoms with Crippen molar-refractivity contribution in [3.8, 4) is 40.0 Å². The van der Waals surface area contributed by atoms with Gasteiger partial charge in [-0.05, 0) is 48.0 Å². The summed E-state index contributed by atoms with van der Waals surface area (Å²) in [6.07, 6.45) is 0. The number of halogens is 1. The average molecular weight is 497 g/mol. The molecule has 8 nitrogen and oxygen atoms in total. The molecule has 0 radical (unpaired) electrons. The highest BCUT2D eigenvalue weighted by atomic mass is 19.1. The number of carbonyl (C=O) groups is 2. The highest BCUT2D eigenvalue weighted by Gasteiger charge is 2.21. The Bertz CT molecular complexity index is 1560. The number of hydrogen-bond donors (Lipinski definition) is 2. The van der Waals surface area contributed by atoms with Crippen LogP contribution in [0.25, 0.3) is 22.4 Å². The first-order chi connectivity index (χ1) is 17.9. The predicted molar refractivity (Wildman–Crippen MR) is 134 cm³/mol. The third kappa shape index (κ3) is 5.09. The van der Waals surface area contributed by atoms with Crippen molar-refractivity contribution >= 4 is 17.7 Å². The van der Waals surface area contributed by atoms with Crippen molar-refractivity contribution in [2.24, 2.45) is 0 Å². The molecule has 3 aromatic carbocycles. The first kappa shape index (κ1) is 24.9. The Hall–Kier alpha value is -5.23. The lowest BCUT2D eigenvalue weighted by atomic mass is 9.96. The molecule has 0 aliphatic heterocycles. The van der Waals surface area contributed by atoms with E-state index >= 15 is 0 Å². The number of esters is 1. The number of nitrogens with one attached hydrogen (secondary N) is 1. The molecular weight excluding hydrogens is 477 g/mol. The summed E-state index contributed by atoms with van der Waals surface area (Å²) in [4.78, 5) is 29.7. The second-order valence-electron chi connectivity index (χ2n) is 7.78. The van der Waals surface area contributed by atoms with Crippen LogP contribution < -0.4 is 10.1 Å². The Morgan fingerprint density at radius 3 is 2.49 bits per heavy atom. The van der Waals surface area contributed by atoms with Crippen LogP contribution in [0.2, 0.25) is 0 Å². The van der Waals surface area contributed by atoms with Gasteiger partial charge in [0.25, 0.3) is 5.91 Å². The molecule has 9 heteroatoms. The number of ether oxygens (including phenoxy) is 2. The van der Waals surface area contributed by atoms with Gasteiger partial charge in [-0.2, -0.15) is 5.26 Å². The number of benzene rings is 3. The van der Waals surface area contributed by atoms with E-state index in [1.807, 2.05) is 0 Å². The molecule has 4 aromatic rings. The number of methoxy groups -OCH3 is 2. The van der Waals surface area contributed by atoms with Crippen LogP contribution in [0, 0.1) is 17.1 Å². The van der Waals surface area contributed by atoms with Crippen LogP contribution in [0.1, 0.15) is 26.3 Å². The number of aromatic hydroxyl groups is 1. The number of phenolic OH excluding ortho intramolecular Hbond substituents is 1. The predicted octanol–water partition coefficient (Wildman–Crippen LogP) is 5.18. The Kier molecular flexibility index (Phi) is 7.11. The van der Waals surface area contributed by atoms with E-state index in [0.29, 0.717) is 16.9 Å². The van der Waals surface area contributed by atoms with Crippen molar-refractivity contribution in [2.75, 3.05) is 19.5 Å². The summed E-state index contributed by atoms with van der Waals surface area (Å²) in [6, 6.07) is 19.9. The van der Waals surface area contributed by atoms with E-state index in [-0.39, 0.29) is 39.5 Å². The van der Waals surface area contributed by atoms with Gasteiger partial charge in [0.1, 0.15) is 28.9 Å². The topological polar surface area (TPSA) is 122 Å². The first-order valence-electron chi connectivity index (χ1n) is 10.9. The lowest BCUT2D eigenvalue weighted by Crippen LogP contribution is -2.16. The fourth-order valence-corrected chi connectivity index (χ4v) is 3.77. The zero-order valence-electron chi connectivity index (χ0n) is 19.8. The molecule has 0 spiro atoms. The Morgan fingerprint density at radius 2 is 1.78 bits per heavy atom. The van der Waals surface area contributed by atoms with E-state index in [4.69, 9.17) is 9.47 Å². The largest absolute Gasteiger partial charge is 0.507 e. The standard InChI is InChI=1S/C28H20FN3O5/c1-36-25-9-4-3-8-20(25)27(34)32-26-22(15-30)21(16-6-5-7-17(12-16)28(35)37-2)14-23(31-26)19-11-10-18(29)13-24(19)33/h3-14,33H,1-2H3,(H,31,32,34). The van der Waals surface area contributed by atoms with Crippen molar-refractivity contribution in [1.82, 2.24) is 4.98 Å². The molecular formula is C28H20FN3O5. The van der Waals surface area contributed by atoms with Gasteiger partial charge in [-0.1, -0.05) is 24.3 Å². The van der Waals surface area contributed by atoms with Gasteiger partial charge in [-0.15, -0.1) is 0 Å². The van der Waals surface area contributed by atoms with Crippen molar-refractivity contribution in [2.45, 2.75) is 0 Å². The molecule has 0 fully saturated rings. The quantitative estimate of drug-likeness (QED) is 0.352. The second-order valence-corrected chi connectivity index (χ2v) is 7.78. The van der Waals surface area contributed by atoms with Crippen LogP contribution in [-0.4, -0.2) is 36.2 Å². The van der Waals surface area contributed by atoms with Crippen molar-refractivity contribution < 1.29 is 28.6 Å². The first-order valence-corrected chi connectivity index (χ1v) is 10.9. The second kappa shape index (κ2) is 10.6. The van der Waals surface area contributed by atoms with E-state index in [9.17, 15) is 24.3 Å². The molecule has 1 amide bonds. The molecule has 0 aliphatic rings. The molecule has 0 bridgehead atoms. The highest BCUT2D eigenvalue weighted by molar-refractivity contribution is 6.07. The molecule has 1 aromatic heterocycles. The molecule has 1 heterocycles. The van der Waals surface area contributed by atoms with Crippen LogP contribution >= 0.6 is 0 Å². The molecule has 0 atom stereocenters. The van der Waals surface area contributed by atoms with E-state index in [2.05, 4.69) is 16.4 Å². The van der Waals surface area contributed by atoms with Crippen LogP contribution in [-0.2, 0) is 4.74 Å². The van der Waals surface area contributed by atoms with Crippen molar-refractivity contribution in [1.29, 1.82) is 5.26 Å². The van der Waals surface area contributed by atoms with E-state index in [1.165, 1.54) is 32.4 Å². The Morgan fingerprint density at radius 1 is 1.00 bits per heavy atom. The normalized spacial score (nSPS) is 10.3. The summed E-state index contributed by atoms with van der Waals surface area (Å²) in [5, 5.41) is 23.1. The third-order valence-electron chi connectivity index (χ3n) is 5.55. The third-order valence-corrected chi connectivity index (χ3v) is 5.55. The summed E-state index contributed by atoms with van der Waals surface area (Å²) in [6.45, 7) is 0. The fraction of sp³-hybridized carbons (Fsp3) is 0.0714. The van der Waals surface area contributed by atoms with Crippen molar-refractivity contribution in [3.05, 3.63) is 95.3 Å². The van der Waals surface area contributed by atoms with Gasteiger partial charge in [0, 0.05) is 17.2 Å². The number of nitrogens with zero attached hydrogens (tertiary/aromatic N) is 2. The number of phenols is 1. The Balaban J connectivity index is 1.93. The van der Waals surface area contributed by atoms with Gasteiger partial charge in [-0.3, -0.25) is 4.79 Å². The summed E-state index contributed by atoms with van der Waals surface area (Å²) in [5.74, 6) is -1.97. The van der Waals surface area contributed by atoms with Gasteiger partial charge in [0.2, 0.25) is 0 Å². The zero-order valence-corrected chi connectivity index (χ0v) is 19.8. The minimum atomic E-state index is -0.648. The lowest BCUT2D eigenvalue weighted by Gasteiger charge is -2.15.